The number of aromatic nitrogens is 1. The lowest BCUT2D eigenvalue weighted by molar-refractivity contribution is -0.115. The van der Waals surface area contributed by atoms with Crippen molar-refractivity contribution in [1.82, 2.24) is 4.98 Å². The second-order valence-electron chi connectivity index (χ2n) is 5.24. The highest BCUT2D eigenvalue weighted by Crippen LogP contribution is 2.22. The van der Waals surface area contributed by atoms with Crippen LogP contribution < -0.4 is 5.32 Å². The monoisotopic (exact) mass is 420 g/mol. The van der Waals surface area contributed by atoms with E-state index in [9.17, 15) is 4.79 Å². The van der Waals surface area contributed by atoms with Gasteiger partial charge in [0.2, 0.25) is 5.91 Å². The second-order valence-corrected chi connectivity index (χ2v) is 7.48. The van der Waals surface area contributed by atoms with Crippen molar-refractivity contribution in [3.05, 3.63) is 79.7 Å². The topological polar surface area (TPSA) is 42.0 Å². The van der Waals surface area contributed by atoms with Crippen LogP contribution in [0.15, 0.2) is 58.4 Å². The van der Waals surface area contributed by atoms with E-state index in [1.54, 1.807) is 11.3 Å². The molecule has 0 bridgehead atoms. The Morgan fingerprint density at radius 3 is 2.83 bits per heavy atom. The van der Waals surface area contributed by atoms with Gasteiger partial charge in [-0.25, -0.2) is 4.98 Å². The fourth-order valence-corrected chi connectivity index (χ4v) is 3.68. The number of para-hydroxylation sites is 1. The molecule has 1 amide bonds. The fourth-order valence-electron chi connectivity index (χ4n) is 2.25. The third-order valence-corrected chi connectivity index (χ3v) is 5.16. The van der Waals surface area contributed by atoms with Gasteiger partial charge in [-0.1, -0.05) is 35.9 Å². The molecule has 0 fully saturated rings. The van der Waals surface area contributed by atoms with Gasteiger partial charge in [0.1, 0.15) is 0 Å². The molecule has 0 aliphatic carbocycles. The minimum absolute atomic E-state index is 0.0819. The van der Waals surface area contributed by atoms with Gasteiger partial charge in [-0.2, -0.15) is 0 Å². The maximum atomic E-state index is 12.2. The zero-order valence-electron chi connectivity index (χ0n) is 12.6. The third-order valence-electron chi connectivity index (χ3n) is 3.33. The van der Waals surface area contributed by atoms with E-state index in [1.165, 1.54) is 0 Å². The van der Waals surface area contributed by atoms with Crippen LogP contribution >= 0.6 is 38.9 Å². The van der Waals surface area contributed by atoms with Crippen LogP contribution in [0.4, 0.5) is 5.69 Å². The van der Waals surface area contributed by atoms with Crippen LogP contribution in [0.1, 0.15) is 16.3 Å². The van der Waals surface area contributed by atoms with Crippen molar-refractivity contribution in [3.63, 3.8) is 0 Å². The van der Waals surface area contributed by atoms with Crippen molar-refractivity contribution in [2.24, 2.45) is 0 Å². The van der Waals surface area contributed by atoms with Gasteiger partial charge in [0.25, 0.3) is 0 Å². The molecular weight excluding hydrogens is 408 g/mol. The fraction of sp³-hybridized carbons (Fsp3) is 0.111. The zero-order chi connectivity index (χ0) is 16.9. The molecule has 1 heterocycles. The largest absolute Gasteiger partial charge is 0.325 e. The van der Waals surface area contributed by atoms with Crippen LogP contribution in [-0.4, -0.2) is 10.9 Å². The minimum atomic E-state index is -0.0819. The highest BCUT2D eigenvalue weighted by Gasteiger charge is 2.10. The highest BCUT2D eigenvalue weighted by atomic mass is 79.9. The van der Waals surface area contributed by atoms with Crippen LogP contribution in [0.2, 0.25) is 5.02 Å². The average Bonchev–Trinajstić information content (AvgIpc) is 2.96. The lowest BCUT2D eigenvalue weighted by Gasteiger charge is -2.05. The molecule has 6 heteroatoms. The molecule has 0 saturated heterocycles. The highest BCUT2D eigenvalue weighted by molar-refractivity contribution is 9.10. The van der Waals surface area contributed by atoms with Gasteiger partial charge < -0.3 is 5.32 Å². The van der Waals surface area contributed by atoms with Gasteiger partial charge in [-0.05, 0) is 45.8 Å². The minimum Gasteiger partial charge on any atom is -0.325 e. The molecule has 0 unspecified atom stereocenters. The molecule has 3 rings (SSSR count). The maximum Gasteiger partial charge on any atom is 0.230 e. The summed E-state index contributed by atoms with van der Waals surface area (Å²) in [6.07, 6.45) is 0.977. The number of hydrogen-bond donors (Lipinski definition) is 1. The second kappa shape index (κ2) is 7.92. The first-order chi connectivity index (χ1) is 11.6. The normalized spacial score (nSPS) is 10.6. The first kappa shape index (κ1) is 17.1. The number of amides is 1. The van der Waals surface area contributed by atoms with Crippen LogP contribution in [0.3, 0.4) is 0 Å². The van der Waals surface area contributed by atoms with Crippen molar-refractivity contribution < 1.29 is 4.79 Å². The van der Waals surface area contributed by atoms with E-state index in [2.05, 4.69) is 26.2 Å². The molecule has 0 saturated carbocycles. The Balaban J connectivity index is 1.61. The van der Waals surface area contributed by atoms with Gasteiger partial charge in [-0.3, -0.25) is 4.79 Å². The van der Waals surface area contributed by atoms with E-state index in [4.69, 9.17) is 11.6 Å². The van der Waals surface area contributed by atoms with Gasteiger partial charge in [0.05, 0.1) is 22.8 Å². The average molecular weight is 422 g/mol. The SMILES string of the molecule is O=C(Cc1csc(Cc2cccc(Cl)c2)n1)Nc1ccccc1Br. The third kappa shape index (κ3) is 4.66. The number of rotatable bonds is 5. The standard InChI is InChI=1S/C18H14BrClN2OS/c19-15-6-1-2-7-16(15)22-17(23)10-14-11-24-18(21-14)9-12-4-3-5-13(20)8-12/h1-8,11H,9-10H2,(H,22,23). The summed E-state index contributed by atoms with van der Waals surface area (Å²) in [5.74, 6) is -0.0819. The van der Waals surface area contributed by atoms with Gasteiger partial charge in [0, 0.05) is 21.3 Å². The molecule has 122 valence electrons. The van der Waals surface area contributed by atoms with Crippen LogP contribution in [0.5, 0.6) is 0 Å². The van der Waals surface area contributed by atoms with Crippen molar-refractivity contribution in [2.75, 3.05) is 5.32 Å². The zero-order valence-corrected chi connectivity index (χ0v) is 15.8. The van der Waals surface area contributed by atoms with Gasteiger partial charge in [-0.15, -0.1) is 11.3 Å². The summed E-state index contributed by atoms with van der Waals surface area (Å²) in [6.45, 7) is 0. The van der Waals surface area contributed by atoms with E-state index in [-0.39, 0.29) is 12.3 Å². The number of carbonyl (C=O) groups is 1. The Bertz CT molecular complexity index is 865. The smallest absolute Gasteiger partial charge is 0.230 e. The Labute approximate surface area is 157 Å². The van der Waals surface area contributed by atoms with Crippen molar-refractivity contribution >= 4 is 50.5 Å². The maximum absolute atomic E-state index is 12.2. The number of benzene rings is 2. The van der Waals surface area contributed by atoms with Gasteiger partial charge in [0.15, 0.2) is 0 Å². The summed E-state index contributed by atoms with van der Waals surface area (Å²) < 4.78 is 0.860. The van der Waals surface area contributed by atoms with Crippen LogP contribution in [0.25, 0.3) is 0 Å². The quantitative estimate of drug-likeness (QED) is 0.605. The number of anilines is 1. The number of nitrogens with one attached hydrogen (secondary N) is 1. The molecule has 0 aliphatic rings. The lowest BCUT2D eigenvalue weighted by Crippen LogP contribution is -2.14. The molecule has 1 aromatic heterocycles. The summed E-state index contributed by atoms with van der Waals surface area (Å²) >= 11 is 11.0. The van der Waals surface area contributed by atoms with E-state index >= 15 is 0 Å². The lowest BCUT2D eigenvalue weighted by atomic mass is 10.2. The van der Waals surface area contributed by atoms with E-state index in [1.807, 2.05) is 53.9 Å². The molecule has 24 heavy (non-hydrogen) atoms. The molecule has 3 aromatic rings. The van der Waals surface area contributed by atoms with Gasteiger partial charge >= 0.3 is 0 Å². The number of hydrogen-bond acceptors (Lipinski definition) is 3. The molecule has 0 aliphatic heterocycles. The van der Waals surface area contributed by atoms with Crippen LogP contribution in [-0.2, 0) is 17.6 Å². The number of carbonyl (C=O) groups excluding carboxylic acids is 1. The summed E-state index contributed by atoms with van der Waals surface area (Å²) in [6, 6.07) is 15.3. The number of thiazole rings is 1. The van der Waals surface area contributed by atoms with Crippen molar-refractivity contribution in [1.29, 1.82) is 0 Å². The predicted molar refractivity (Wildman–Crippen MR) is 103 cm³/mol. The molecule has 0 radical (unpaired) electrons. The van der Waals surface area contributed by atoms with E-state index < -0.39 is 0 Å². The Morgan fingerprint density at radius 1 is 1.21 bits per heavy atom. The summed E-state index contributed by atoms with van der Waals surface area (Å²) in [5, 5.41) is 6.51. The molecular formula is C18H14BrClN2OS. The molecule has 3 nitrogen and oxygen atoms in total. The molecule has 2 aromatic carbocycles. The van der Waals surface area contributed by atoms with E-state index in [0.717, 1.165) is 37.9 Å². The molecule has 0 atom stereocenters. The molecule has 1 N–H and O–H groups in total. The Morgan fingerprint density at radius 2 is 2.04 bits per heavy atom. The molecule has 0 spiro atoms. The first-order valence-corrected chi connectivity index (χ1v) is 9.37. The van der Waals surface area contributed by atoms with E-state index in [0.29, 0.717) is 0 Å². The summed E-state index contributed by atoms with van der Waals surface area (Å²) in [5.41, 5.74) is 2.65. The Kier molecular flexibility index (Phi) is 5.66. The number of nitrogens with zero attached hydrogens (tertiary/aromatic N) is 1. The summed E-state index contributed by atoms with van der Waals surface area (Å²) in [7, 11) is 0. The van der Waals surface area contributed by atoms with Crippen LogP contribution in [0, 0.1) is 0 Å². The summed E-state index contributed by atoms with van der Waals surface area (Å²) in [4.78, 5) is 16.7. The van der Waals surface area contributed by atoms with Crippen molar-refractivity contribution in [2.45, 2.75) is 12.8 Å². The Hall–Kier alpha value is -1.69. The number of halogens is 2. The van der Waals surface area contributed by atoms with Crippen molar-refractivity contribution in [3.8, 4) is 0 Å². The first-order valence-electron chi connectivity index (χ1n) is 7.32. The predicted octanol–water partition coefficient (Wildman–Crippen LogP) is 5.33.